The molecule has 3 atom stereocenters. The van der Waals surface area contributed by atoms with Crippen LogP contribution in [0.4, 0.5) is 0 Å². The van der Waals surface area contributed by atoms with E-state index in [1.54, 1.807) is 0 Å². The summed E-state index contributed by atoms with van der Waals surface area (Å²) in [4.78, 5) is 11.8. The molecule has 0 aromatic rings. The number of ether oxygens (including phenoxy) is 1. The van der Waals surface area contributed by atoms with Gasteiger partial charge < -0.3 is 18.7 Å². The van der Waals surface area contributed by atoms with Gasteiger partial charge in [0.25, 0.3) is 7.82 Å². The van der Waals surface area contributed by atoms with Crippen LogP contribution in [0.15, 0.2) is 0 Å². The second-order valence-electron chi connectivity index (χ2n) is 7.27. The van der Waals surface area contributed by atoms with Crippen molar-refractivity contribution in [3.63, 3.8) is 0 Å². The van der Waals surface area contributed by atoms with Crippen molar-refractivity contribution < 1.29 is 52.8 Å². The normalized spacial score (nSPS) is 19.6. The van der Waals surface area contributed by atoms with Gasteiger partial charge in [-0.3, -0.25) is 4.57 Å². The van der Waals surface area contributed by atoms with E-state index in [0.29, 0.717) is 12.5 Å². The Morgan fingerprint density at radius 1 is 0.962 bits per heavy atom. The number of hydrogen-bond acceptors (Lipinski definition) is 5. The fourth-order valence-electron chi connectivity index (χ4n) is 2.96. The van der Waals surface area contributed by atoms with Gasteiger partial charge in [-0.05, 0) is 18.8 Å². The smallest absolute Gasteiger partial charge is 0.756 e. The van der Waals surface area contributed by atoms with Gasteiger partial charge in [-0.1, -0.05) is 78.1 Å². The first-order valence-corrected chi connectivity index (χ1v) is 11.7. The summed E-state index contributed by atoms with van der Waals surface area (Å²) < 4.78 is 26.8. The molecule has 0 aromatic heterocycles. The quantitative estimate of drug-likeness (QED) is 0.153. The summed E-state index contributed by atoms with van der Waals surface area (Å²) in [5.41, 5.74) is 0. The minimum absolute atomic E-state index is 0. The zero-order chi connectivity index (χ0) is 18.4. The van der Waals surface area contributed by atoms with Crippen LogP contribution in [-0.4, -0.2) is 25.9 Å². The van der Waals surface area contributed by atoms with Crippen LogP contribution >= 0.6 is 7.82 Å². The van der Waals surface area contributed by atoms with E-state index in [-0.39, 0.29) is 48.9 Å². The number of epoxide rings is 1. The van der Waals surface area contributed by atoms with Gasteiger partial charge in [0, 0.05) is 0 Å². The zero-order valence-corrected chi connectivity index (χ0v) is 20.1. The Hall–Kier alpha value is 1.07. The van der Waals surface area contributed by atoms with E-state index in [1.807, 2.05) is 0 Å². The first-order valence-electron chi connectivity index (χ1n) is 10.3. The van der Waals surface area contributed by atoms with Crippen molar-refractivity contribution in [2.24, 2.45) is 5.92 Å². The molecule has 26 heavy (non-hydrogen) atoms. The fraction of sp³-hybridized carbons (Fsp3) is 1.00. The third-order valence-corrected chi connectivity index (χ3v) is 5.65. The molecule has 0 aromatic carbocycles. The first-order chi connectivity index (χ1) is 12.1. The van der Waals surface area contributed by atoms with Crippen molar-refractivity contribution in [3.8, 4) is 0 Å². The van der Waals surface area contributed by atoms with Crippen LogP contribution in [0.1, 0.15) is 90.9 Å². The van der Waals surface area contributed by atoms with Gasteiger partial charge in [0.2, 0.25) is 0 Å². The monoisotopic (exact) mass is 400 g/mol. The van der Waals surface area contributed by atoms with Crippen molar-refractivity contribution >= 4 is 7.82 Å². The van der Waals surface area contributed by atoms with Gasteiger partial charge in [0.15, 0.2) is 0 Å². The van der Waals surface area contributed by atoms with Crippen LogP contribution in [-0.2, 0) is 18.3 Å². The van der Waals surface area contributed by atoms with Gasteiger partial charge in [0.1, 0.15) is 6.10 Å². The van der Waals surface area contributed by atoms with E-state index in [2.05, 4.69) is 13.8 Å². The average molecular weight is 400 g/mol. The predicted octanol–water partition coefficient (Wildman–Crippen LogP) is 2.23. The number of phosphoric acid groups is 1. The Morgan fingerprint density at radius 2 is 1.46 bits per heavy atom. The molecule has 1 fully saturated rings. The standard InChI is InChI=1S/C19H39O5P.Na/c1-3-5-7-9-10-12-14-18(13-11-8-6-4-2)15-23-25(20,21)24-17-19-16-22-19;/h18-19H,3-17H2,1-2H3,(H,20,21);/q;+1/p-1. The Bertz CT molecular complexity index is 366. The van der Waals surface area contributed by atoms with Gasteiger partial charge >= 0.3 is 29.6 Å². The molecular weight excluding hydrogens is 362 g/mol. The first kappa shape index (κ1) is 27.1. The SMILES string of the molecule is CCCCCCCCC(CCCCCC)COP(=O)([O-])OCC1CO1.[Na+]. The molecule has 1 rings (SSSR count). The summed E-state index contributed by atoms with van der Waals surface area (Å²) >= 11 is 0. The van der Waals surface area contributed by atoms with Crippen molar-refractivity contribution in [3.05, 3.63) is 0 Å². The Labute approximate surface area is 182 Å². The van der Waals surface area contributed by atoms with Crippen LogP contribution < -0.4 is 34.5 Å². The van der Waals surface area contributed by atoms with E-state index in [0.717, 1.165) is 25.7 Å². The summed E-state index contributed by atoms with van der Waals surface area (Å²) in [6.07, 6.45) is 14.4. The van der Waals surface area contributed by atoms with Crippen LogP contribution in [0.5, 0.6) is 0 Å². The molecule has 0 amide bonds. The maximum absolute atomic E-state index is 11.8. The van der Waals surface area contributed by atoms with E-state index in [4.69, 9.17) is 13.8 Å². The minimum Gasteiger partial charge on any atom is -0.756 e. The van der Waals surface area contributed by atoms with E-state index >= 15 is 0 Å². The zero-order valence-electron chi connectivity index (χ0n) is 17.2. The van der Waals surface area contributed by atoms with Gasteiger partial charge in [0.05, 0.1) is 19.8 Å². The molecule has 5 nitrogen and oxygen atoms in total. The van der Waals surface area contributed by atoms with Gasteiger partial charge in [-0.15, -0.1) is 0 Å². The molecule has 0 radical (unpaired) electrons. The minimum atomic E-state index is -4.19. The second kappa shape index (κ2) is 17.0. The van der Waals surface area contributed by atoms with Gasteiger partial charge in [-0.2, -0.15) is 0 Å². The van der Waals surface area contributed by atoms with Crippen LogP contribution in [0, 0.1) is 5.92 Å². The largest absolute Gasteiger partial charge is 1.00 e. The molecule has 0 N–H and O–H groups in total. The Kier molecular flexibility index (Phi) is 17.7. The third kappa shape index (κ3) is 16.1. The molecule has 0 spiro atoms. The van der Waals surface area contributed by atoms with Crippen molar-refractivity contribution in [1.29, 1.82) is 0 Å². The van der Waals surface area contributed by atoms with E-state index in [9.17, 15) is 9.46 Å². The summed E-state index contributed by atoms with van der Waals surface area (Å²) in [7, 11) is -4.19. The molecule has 0 bridgehead atoms. The van der Waals surface area contributed by atoms with Crippen LogP contribution in [0.2, 0.25) is 0 Å². The molecule has 1 aliphatic rings. The number of rotatable bonds is 18. The summed E-state index contributed by atoms with van der Waals surface area (Å²) in [6, 6.07) is 0. The fourth-order valence-corrected chi connectivity index (χ4v) is 3.77. The molecule has 0 saturated carbocycles. The third-order valence-electron chi connectivity index (χ3n) is 4.72. The van der Waals surface area contributed by atoms with Crippen LogP contribution in [0.25, 0.3) is 0 Å². The van der Waals surface area contributed by atoms with Crippen molar-refractivity contribution in [2.45, 2.75) is 97.0 Å². The van der Waals surface area contributed by atoms with Crippen LogP contribution in [0.3, 0.4) is 0 Å². The van der Waals surface area contributed by atoms with Crippen molar-refractivity contribution in [2.75, 3.05) is 19.8 Å². The number of hydrogen-bond donors (Lipinski definition) is 0. The molecule has 1 aliphatic heterocycles. The maximum Gasteiger partial charge on any atom is 1.00 e. The maximum atomic E-state index is 11.8. The molecule has 1 heterocycles. The molecule has 1 saturated heterocycles. The molecule has 3 unspecified atom stereocenters. The molecule has 150 valence electrons. The second-order valence-corrected chi connectivity index (χ2v) is 8.68. The number of unbranched alkanes of at least 4 members (excludes halogenated alkanes) is 8. The Morgan fingerprint density at radius 3 is 2.00 bits per heavy atom. The summed E-state index contributed by atoms with van der Waals surface area (Å²) in [6.45, 7) is 5.35. The topological polar surface area (TPSA) is 71.1 Å². The predicted molar refractivity (Wildman–Crippen MR) is 99.5 cm³/mol. The summed E-state index contributed by atoms with van der Waals surface area (Å²) in [5.74, 6) is 0.311. The van der Waals surface area contributed by atoms with Crippen molar-refractivity contribution in [1.82, 2.24) is 0 Å². The van der Waals surface area contributed by atoms with E-state index < -0.39 is 7.82 Å². The number of phosphoric ester groups is 1. The molecule has 7 heteroatoms. The molecule has 0 aliphatic carbocycles. The molecular formula is C19H38NaO5P. The van der Waals surface area contributed by atoms with E-state index in [1.165, 1.54) is 51.4 Å². The summed E-state index contributed by atoms with van der Waals surface area (Å²) in [5, 5.41) is 0. The Balaban J connectivity index is 0.00000625. The average Bonchev–Trinajstić information content (AvgIpc) is 3.41. The van der Waals surface area contributed by atoms with Gasteiger partial charge in [-0.25, -0.2) is 0 Å².